The quantitative estimate of drug-likeness (QED) is 0.757. The molecule has 1 aromatic rings. The summed E-state index contributed by atoms with van der Waals surface area (Å²) in [6, 6.07) is 0.354. The minimum Gasteiger partial charge on any atom is -0.334 e. The fourth-order valence-corrected chi connectivity index (χ4v) is 2.80. The van der Waals surface area contributed by atoms with Crippen LogP contribution in [0.1, 0.15) is 25.7 Å². The maximum atomic E-state index is 11.7. The van der Waals surface area contributed by atoms with Gasteiger partial charge in [-0.3, -0.25) is 4.57 Å². The van der Waals surface area contributed by atoms with Crippen molar-refractivity contribution >= 4 is 6.03 Å². The Morgan fingerprint density at radius 3 is 2.87 bits per heavy atom. The molecule has 1 aromatic heterocycles. The number of amides is 1. The molecule has 0 spiro atoms. The molecule has 3 aliphatic carbocycles. The Hall–Kier alpha value is -1.32. The molecule has 15 heavy (non-hydrogen) atoms. The summed E-state index contributed by atoms with van der Waals surface area (Å²) in [5, 5.41) is 3.09. The zero-order valence-electron chi connectivity index (χ0n) is 8.60. The van der Waals surface area contributed by atoms with E-state index < -0.39 is 0 Å². The monoisotopic (exact) mass is 205 g/mol. The lowest BCUT2D eigenvalue weighted by Gasteiger charge is -2.46. The van der Waals surface area contributed by atoms with Crippen LogP contribution in [0.5, 0.6) is 0 Å². The summed E-state index contributed by atoms with van der Waals surface area (Å²) in [5.74, 6) is 1.69. The van der Waals surface area contributed by atoms with Crippen LogP contribution in [0, 0.1) is 11.8 Å². The molecule has 1 heterocycles. The largest absolute Gasteiger partial charge is 0.334 e. The van der Waals surface area contributed by atoms with Gasteiger partial charge in [0, 0.05) is 18.4 Å². The smallest absolute Gasteiger partial charge is 0.327 e. The summed E-state index contributed by atoms with van der Waals surface area (Å²) in [7, 11) is 0. The number of hydrogen-bond acceptors (Lipinski definition) is 2. The van der Waals surface area contributed by atoms with Crippen molar-refractivity contribution in [3.8, 4) is 0 Å². The Morgan fingerprint density at radius 1 is 1.40 bits per heavy atom. The fraction of sp³-hybridized carbons (Fsp3) is 0.636. The second kappa shape index (κ2) is 3.36. The molecule has 2 bridgehead atoms. The van der Waals surface area contributed by atoms with Crippen LogP contribution in [0.25, 0.3) is 0 Å². The van der Waals surface area contributed by atoms with E-state index in [4.69, 9.17) is 0 Å². The number of fused-ring (bicyclic) bond motifs is 2. The second-order valence-electron chi connectivity index (χ2n) is 4.70. The van der Waals surface area contributed by atoms with Crippen molar-refractivity contribution in [2.45, 2.75) is 31.7 Å². The highest BCUT2D eigenvalue weighted by Crippen LogP contribution is 2.45. The van der Waals surface area contributed by atoms with Crippen LogP contribution >= 0.6 is 0 Å². The Morgan fingerprint density at radius 2 is 2.27 bits per heavy atom. The Bertz CT molecular complexity index is 351. The molecule has 4 rings (SSSR count). The lowest BCUT2D eigenvalue weighted by atomic mass is 9.63. The zero-order valence-corrected chi connectivity index (χ0v) is 8.60. The number of carbonyl (C=O) groups is 1. The molecule has 1 amide bonds. The molecule has 4 heteroatoms. The van der Waals surface area contributed by atoms with Gasteiger partial charge in [0.1, 0.15) is 6.33 Å². The van der Waals surface area contributed by atoms with Gasteiger partial charge in [-0.2, -0.15) is 0 Å². The van der Waals surface area contributed by atoms with Crippen molar-refractivity contribution in [2.75, 3.05) is 0 Å². The van der Waals surface area contributed by atoms with E-state index in [2.05, 4.69) is 10.3 Å². The van der Waals surface area contributed by atoms with Gasteiger partial charge in [-0.05, 0) is 37.5 Å². The molecule has 3 aliphatic rings. The highest BCUT2D eigenvalue weighted by atomic mass is 16.2. The molecule has 1 atom stereocenters. The van der Waals surface area contributed by atoms with E-state index >= 15 is 0 Å². The van der Waals surface area contributed by atoms with Crippen molar-refractivity contribution in [2.24, 2.45) is 11.8 Å². The number of nitrogens with zero attached hydrogens (tertiary/aromatic N) is 2. The van der Waals surface area contributed by atoms with Crippen LogP contribution in [0.2, 0.25) is 0 Å². The van der Waals surface area contributed by atoms with E-state index in [9.17, 15) is 4.79 Å². The third-order valence-electron chi connectivity index (χ3n) is 3.77. The van der Waals surface area contributed by atoms with E-state index in [-0.39, 0.29) is 6.03 Å². The first kappa shape index (κ1) is 8.95. The lowest BCUT2D eigenvalue weighted by Crippen LogP contribution is -2.50. The second-order valence-corrected chi connectivity index (χ2v) is 4.70. The molecule has 80 valence electrons. The van der Waals surface area contributed by atoms with Crippen LogP contribution in [-0.4, -0.2) is 21.6 Å². The zero-order chi connectivity index (χ0) is 10.3. The SMILES string of the molecule is O=C(NC1CCC2CC1C2)n1ccnc1. The highest BCUT2D eigenvalue weighted by molar-refractivity contribution is 5.76. The first-order valence-electron chi connectivity index (χ1n) is 5.62. The maximum Gasteiger partial charge on any atom is 0.327 e. The van der Waals surface area contributed by atoms with E-state index in [0.29, 0.717) is 6.04 Å². The topological polar surface area (TPSA) is 46.9 Å². The van der Waals surface area contributed by atoms with Crippen molar-refractivity contribution in [3.05, 3.63) is 18.7 Å². The molecule has 1 N–H and O–H groups in total. The molecule has 1 unspecified atom stereocenters. The molecule has 0 aliphatic heterocycles. The summed E-state index contributed by atoms with van der Waals surface area (Å²) in [6.07, 6.45) is 9.91. The molecule has 4 nitrogen and oxygen atoms in total. The minimum atomic E-state index is -0.0390. The van der Waals surface area contributed by atoms with Gasteiger partial charge in [0.2, 0.25) is 0 Å². The molecule has 0 radical (unpaired) electrons. The van der Waals surface area contributed by atoms with Crippen molar-refractivity contribution < 1.29 is 4.79 Å². The van der Waals surface area contributed by atoms with Gasteiger partial charge in [0.05, 0.1) is 0 Å². The van der Waals surface area contributed by atoms with Crippen LogP contribution in [-0.2, 0) is 0 Å². The first-order valence-corrected chi connectivity index (χ1v) is 5.62. The summed E-state index contributed by atoms with van der Waals surface area (Å²) in [6.45, 7) is 0. The van der Waals surface area contributed by atoms with Gasteiger partial charge < -0.3 is 5.32 Å². The summed E-state index contributed by atoms with van der Waals surface area (Å²) in [5.41, 5.74) is 0. The normalized spacial score (nSPS) is 33.2. The van der Waals surface area contributed by atoms with Crippen LogP contribution in [0.4, 0.5) is 4.79 Å². The van der Waals surface area contributed by atoms with Crippen LogP contribution < -0.4 is 5.32 Å². The molecule has 3 fully saturated rings. The molecule has 3 saturated carbocycles. The number of aromatic nitrogens is 2. The van der Waals surface area contributed by atoms with Gasteiger partial charge in [0.25, 0.3) is 0 Å². The average molecular weight is 205 g/mol. The van der Waals surface area contributed by atoms with E-state index in [1.54, 1.807) is 18.7 Å². The van der Waals surface area contributed by atoms with Crippen molar-refractivity contribution in [3.63, 3.8) is 0 Å². The van der Waals surface area contributed by atoms with E-state index in [1.807, 2.05) is 0 Å². The van der Waals surface area contributed by atoms with E-state index in [0.717, 1.165) is 18.3 Å². The lowest BCUT2D eigenvalue weighted by molar-refractivity contribution is 0.0776. The van der Waals surface area contributed by atoms with Gasteiger partial charge in [-0.1, -0.05) is 0 Å². The first-order chi connectivity index (χ1) is 7.33. The standard InChI is InChI=1S/C11H15N3O/c15-11(14-4-3-12-7-14)13-10-2-1-8-5-9(10)6-8/h3-4,7-10H,1-2,5-6H2,(H,13,15). The number of rotatable bonds is 1. The highest BCUT2D eigenvalue weighted by Gasteiger charge is 2.40. The minimum absolute atomic E-state index is 0.0390. The molecular weight excluding hydrogens is 190 g/mol. The maximum absolute atomic E-state index is 11.7. The Labute approximate surface area is 88.7 Å². The molecule has 0 aromatic carbocycles. The number of hydrogen-bond donors (Lipinski definition) is 1. The third kappa shape index (κ3) is 1.54. The average Bonchev–Trinajstić information content (AvgIpc) is 2.69. The summed E-state index contributed by atoms with van der Waals surface area (Å²) >= 11 is 0. The predicted molar refractivity (Wildman–Crippen MR) is 55.4 cm³/mol. The Balaban J connectivity index is 1.63. The van der Waals surface area contributed by atoms with Crippen LogP contribution in [0.3, 0.4) is 0 Å². The third-order valence-corrected chi connectivity index (χ3v) is 3.77. The summed E-state index contributed by atoms with van der Waals surface area (Å²) < 4.78 is 1.50. The van der Waals surface area contributed by atoms with Gasteiger partial charge >= 0.3 is 6.03 Å². The molecule has 0 saturated heterocycles. The Kier molecular flexibility index (Phi) is 2.01. The van der Waals surface area contributed by atoms with Crippen molar-refractivity contribution in [1.82, 2.24) is 14.9 Å². The predicted octanol–water partition coefficient (Wildman–Crippen LogP) is 1.63. The van der Waals surface area contributed by atoms with Gasteiger partial charge in [0.15, 0.2) is 0 Å². The van der Waals surface area contributed by atoms with Gasteiger partial charge in [-0.25, -0.2) is 9.78 Å². The van der Waals surface area contributed by atoms with Gasteiger partial charge in [-0.15, -0.1) is 0 Å². The van der Waals surface area contributed by atoms with Crippen LogP contribution in [0.15, 0.2) is 18.7 Å². The number of carbonyl (C=O) groups excluding carboxylic acids is 1. The van der Waals surface area contributed by atoms with E-state index in [1.165, 1.54) is 23.8 Å². The number of nitrogens with one attached hydrogen (secondary N) is 1. The van der Waals surface area contributed by atoms with Crippen molar-refractivity contribution in [1.29, 1.82) is 0 Å². The summed E-state index contributed by atoms with van der Waals surface area (Å²) in [4.78, 5) is 15.6. The fourth-order valence-electron chi connectivity index (χ4n) is 2.80. The molecular formula is C11H15N3O. The number of imidazole rings is 1.